The molecule has 6 aromatic rings. The van der Waals surface area contributed by atoms with Gasteiger partial charge >= 0.3 is 0 Å². The number of halogens is 1. The van der Waals surface area contributed by atoms with Crippen LogP contribution in [0.2, 0.25) is 0 Å². The van der Waals surface area contributed by atoms with Crippen LogP contribution < -0.4 is 24.8 Å². The van der Waals surface area contributed by atoms with Gasteiger partial charge < -0.3 is 39.9 Å². The molecule has 4 aromatic carbocycles. The molecule has 0 aliphatic heterocycles. The number of H-pyrrole nitrogens is 2. The van der Waals surface area contributed by atoms with Crippen molar-refractivity contribution in [1.29, 1.82) is 0 Å². The number of hydrogen-bond donors (Lipinski definition) is 5. The van der Waals surface area contributed by atoms with Crippen LogP contribution in [0.3, 0.4) is 0 Å². The van der Waals surface area contributed by atoms with Gasteiger partial charge in [0.05, 0.1) is 7.11 Å². The van der Waals surface area contributed by atoms with E-state index in [4.69, 9.17) is 25.8 Å². The predicted molar refractivity (Wildman–Crippen MR) is 191 cm³/mol. The normalized spacial score (nSPS) is 13.3. The molecular weight excluding hydrogens is 644 g/mol. The summed E-state index contributed by atoms with van der Waals surface area (Å²) in [6, 6.07) is 29.2. The average molecular weight is 681 g/mol. The lowest BCUT2D eigenvalue weighted by Gasteiger charge is -2.34. The Morgan fingerprint density at radius 1 is 0.918 bits per heavy atom. The molecule has 2 atom stereocenters. The van der Waals surface area contributed by atoms with Gasteiger partial charge in [-0.2, -0.15) is 0 Å². The van der Waals surface area contributed by atoms with Crippen LogP contribution in [0.4, 0.5) is 5.69 Å². The van der Waals surface area contributed by atoms with E-state index >= 15 is 0 Å². The third-order valence-corrected chi connectivity index (χ3v) is 8.54. The zero-order valence-electron chi connectivity index (χ0n) is 27.3. The van der Waals surface area contributed by atoms with Crippen LogP contribution in [0.15, 0.2) is 103 Å². The molecule has 2 unspecified atom stereocenters. The predicted octanol–water partition coefficient (Wildman–Crippen LogP) is 7.10. The van der Waals surface area contributed by atoms with Gasteiger partial charge in [0.2, 0.25) is 0 Å². The molecule has 6 rings (SSSR count). The molecule has 2 heterocycles. The minimum atomic E-state index is -2.18. The van der Waals surface area contributed by atoms with E-state index in [0.29, 0.717) is 46.2 Å². The van der Waals surface area contributed by atoms with Crippen molar-refractivity contribution in [3.63, 3.8) is 0 Å². The lowest BCUT2D eigenvalue weighted by atomic mass is 9.90. The van der Waals surface area contributed by atoms with Gasteiger partial charge in [0.25, 0.3) is 11.1 Å². The first kappa shape index (κ1) is 33.6. The van der Waals surface area contributed by atoms with E-state index in [-0.39, 0.29) is 18.5 Å². The number of rotatable bonds is 14. The van der Waals surface area contributed by atoms with Crippen LogP contribution >= 0.6 is 11.6 Å². The van der Waals surface area contributed by atoms with Gasteiger partial charge in [0, 0.05) is 51.8 Å². The van der Waals surface area contributed by atoms with E-state index in [1.54, 1.807) is 43.6 Å². The highest BCUT2D eigenvalue weighted by Gasteiger charge is 2.47. The lowest BCUT2D eigenvalue weighted by Crippen LogP contribution is -2.53. The average Bonchev–Trinajstić information content (AvgIpc) is 3.74. The van der Waals surface area contributed by atoms with Crippen molar-refractivity contribution in [2.24, 2.45) is 0 Å². The largest absolute Gasteiger partial charge is 0.497 e. The van der Waals surface area contributed by atoms with Crippen molar-refractivity contribution in [3.8, 4) is 17.2 Å². The molecule has 2 aromatic heterocycles. The van der Waals surface area contributed by atoms with Gasteiger partial charge in [-0.1, -0.05) is 50.2 Å². The van der Waals surface area contributed by atoms with Crippen molar-refractivity contribution < 1.29 is 28.9 Å². The summed E-state index contributed by atoms with van der Waals surface area (Å²) in [4.78, 5) is 32.5. The highest BCUT2D eigenvalue weighted by molar-refractivity contribution is 6.65. The first-order valence-electron chi connectivity index (χ1n) is 15.8. The molecule has 49 heavy (non-hydrogen) atoms. The van der Waals surface area contributed by atoms with Crippen molar-refractivity contribution in [2.75, 3.05) is 19.0 Å². The summed E-state index contributed by atoms with van der Waals surface area (Å²) >= 11 is 6.16. The van der Waals surface area contributed by atoms with E-state index in [1.807, 2.05) is 80.6 Å². The number of carbonyl (C=O) groups excluding carboxylic acids is 2. The Hall–Kier alpha value is -5.29. The summed E-state index contributed by atoms with van der Waals surface area (Å²) < 4.78 is 18.0. The molecule has 5 N–H and O–H groups in total. The molecule has 11 heteroatoms. The number of aromatic amines is 2. The highest BCUT2D eigenvalue weighted by Crippen LogP contribution is 2.40. The third kappa shape index (κ3) is 7.41. The summed E-state index contributed by atoms with van der Waals surface area (Å²) in [5.74, 6) is 1.24. The van der Waals surface area contributed by atoms with E-state index in [2.05, 4.69) is 20.6 Å². The number of ether oxygens (including phenoxy) is 3. The number of nitrogens with one attached hydrogen (secondary N) is 4. The van der Waals surface area contributed by atoms with Crippen LogP contribution in [0.1, 0.15) is 41.6 Å². The van der Waals surface area contributed by atoms with Crippen LogP contribution in [0.5, 0.6) is 17.2 Å². The molecule has 0 spiro atoms. The quantitative estimate of drug-likeness (QED) is 0.0774. The Morgan fingerprint density at radius 2 is 1.67 bits per heavy atom. The second kappa shape index (κ2) is 14.4. The second-order valence-corrected chi connectivity index (χ2v) is 12.4. The second-order valence-electron chi connectivity index (χ2n) is 12.0. The SMILES string of the molecule is COc1ccc2[nH]c(C(=O)Nc3ccc(OC(c4c[nH]c5cccc(OCc6ccccc6)c45)C(O)(CNC(C)C)C(=O)Cl)cc3)cc2c1. The van der Waals surface area contributed by atoms with Crippen molar-refractivity contribution in [1.82, 2.24) is 15.3 Å². The van der Waals surface area contributed by atoms with Gasteiger partial charge in [-0.15, -0.1) is 0 Å². The Bertz CT molecular complexity index is 2080. The van der Waals surface area contributed by atoms with Crippen molar-refractivity contribution in [3.05, 3.63) is 120 Å². The standard InChI is InChI=1S/C38H37ClN4O6/c1-23(2)41-22-38(46,37(39)45)35(29-20-40-31-10-7-11-33(34(29)31)48-21-24-8-5-4-6-9-24)49-27-14-12-26(13-15-27)42-36(44)32-19-25-18-28(47-3)16-17-30(25)43-32/h4-20,23,35,40-41,43,46H,21-22H2,1-3H3,(H,42,44). The van der Waals surface area contributed by atoms with Crippen molar-refractivity contribution >= 4 is 50.2 Å². The molecule has 252 valence electrons. The monoisotopic (exact) mass is 680 g/mol. The summed E-state index contributed by atoms with van der Waals surface area (Å²) in [6.45, 7) is 3.93. The number of aliphatic hydroxyl groups is 1. The Kier molecular flexibility index (Phi) is 9.91. The molecule has 10 nitrogen and oxygen atoms in total. The van der Waals surface area contributed by atoms with Crippen LogP contribution in [0, 0.1) is 0 Å². The van der Waals surface area contributed by atoms with E-state index in [9.17, 15) is 14.7 Å². The van der Waals surface area contributed by atoms with E-state index in [0.717, 1.165) is 22.0 Å². The van der Waals surface area contributed by atoms with Gasteiger partial charge in [0.15, 0.2) is 11.7 Å². The molecule has 0 bridgehead atoms. The summed E-state index contributed by atoms with van der Waals surface area (Å²) in [7, 11) is 1.59. The van der Waals surface area contributed by atoms with Crippen LogP contribution in [0.25, 0.3) is 21.8 Å². The maximum absolute atomic E-state index is 13.1. The van der Waals surface area contributed by atoms with E-state index < -0.39 is 16.9 Å². The number of methoxy groups -OCH3 is 1. The van der Waals surface area contributed by atoms with Crippen molar-refractivity contribution in [2.45, 2.75) is 38.2 Å². The number of fused-ring (bicyclic) bond motifs is 2. The minimum Gasteiger partial charge on any atom is -0.497 e. The first-order chi connectivity index (χ1) is 23.6. The number of hydrogen-bond acceptors (Lipinski definition) is 7. The minimum absolute atomic E-state index is 0.0573. The first-order valence-corrected chi connectivity index (χ1v) is 16.2. The molecule has 0 fully saturated rings. The molecule has 0 saturated heterocycles. The Labute approximate surface area is 288 Å². The fourth-order valence-electron chi connectivity index (χ4n) is 5.59. The maximum Gasteiger partial charge on any atom is 0.272 e. The molecule has 1 amide bonds. The molecule has 0 saturated carbocycles. The molecule has 0 aliphatic carbocycles. The highest BCUT2D eigenvalue weighted by atomic mass is 35.5. The number of anilines is 1. The summed E-state index contributed by atoms with van der Waals surface area (Å²) in [5.41, 5.74) is 1.71. The van der Waals surface area contributed by atoms with Crippen LogP contribution in [-0.4, -0.2) is 51.5 Å². The molecule has 0 aliphatic rings. The fourth-order valence-corrected chi connectivity index (χ4v) is 5.76. The zero-order valence-corrected chi connectivity index (χ0v) is 28.0. The Morgan fingerprint density at radius 3 is 2.39 bits per heavy atom. The number of carbonyl (C=O) groups is 2. The Balaban J connectivity index is 1.29. The topological polar surface area (TPSA) is 138 Å². The fraction of sp³-hybridized carbons (Fsp3) is 0.211. The lowest BCUT2D eigenvalue weighted by molar-refractivity contribution is -0.139. The number of benzene rings is 4. The maximum atomic E-state index is 13.1. The van der Waals surface area contributed by atoms with Gasteiger partial charge in [-0.3, -0.25) is 9.59 Å². The summed E-state index contributed by atoms with van der Waals surface area (Å²) in [5, 5.41) is 18.5. The number of aromatic nitrogens is 2. The zero-order chi connectivity index (χ0) is 34.5. The summed E-state index contributed by atoms with van der Waals surface area (Å²) in [6.07, 6.45) is 0.429. The molecule has 0 radical (unpaired) electrons. The van der Waals surface area contributed by atoms with Gasteiger partial charge in [-0.25, -0.2) is 0 Å². The molecular formula is C38H37ClN4O6. The van der Waals surface area contributed by atoms with Gasteiger partial charge in [-0.05, 0) is 77.8 Å². The van der Waals surface area contributed by atoms with Gasteiger partial charge in [0.1, 0.15) is 29.5 Å². The third-order valence-electron chi connectivity index (χ3n) is 8.21. The van der Waals surface area contributed by atoms with E-state index in [1.165, 1.54) is 0 Å². The smallest absolute Gasteiger partial charge is 0.272 e. The number of amides is 1. The van der Waals surface area contributed by atoms with Crippen LogP contribution in [-0.2, 0) is 11.4 Å².